The van der Waals surface area contributed by atoms with Gasteiger partial charge in [0.15, 0.2) is 0 Å². The van der Waals surface area contributed by atoms with Crippen LogP contribution in [0.4, 0.5) is 0 Å². The van der Waals surface area contributed by atoms with Crippen molar-refractivity contribution in [1.29, 1.82) is 0 Å². The molecule has 1 aromatic carbocycles. The van der Waals surface area contributed by atoms with E-state index in [0.29, 0.717) is 0 Å². The van der Waals surface area contributed by atoms with E-state index < -0.39 is 10.7 Å². The third kappa shape index (κ3) is 3.88. The molecule has 0 saturated heterocycles. The molecule has 0 atom stereocenters. The van der Waals surface area contributed by atoms with Crippen molar-refractivity contribution in [3.8, 4) is 11.3 Å². The van der Waals surface area contributed by atoms with Crippen molar-refractivity contribution in [3.63, 3.8) is 0 Å². The first kappa shape index (κ1) is 19.5. The van der Waals surface area contributed by atoms with Crippen LogP contribution in [0.2, 0.25) is 0 Å². The predicted octanol–water partition coefficient (Wildman–Crippen LogP) is 5.79. The number of pyridine rings is 1. The highest BCUT2D eigenvalue weighted by Crippen LogP contribution is 2.37. The number of aliphatic carboxylic acids is 1. The first-order chi connectivity index (χ1) is 12.5. The molecular weight excluding hydrogens is 356 g/mol. The van der Waals surface area contributed by atoms with Crippen molar-refractivity contribution in [1.82, 2.24) is 9.97 Å². The van der Waals surface area contributed by atoms with Crippen molar-refractivity contribution >= 4 is 28.6 Å². The van der Waals surface area contributed by atoms with E-state index in [0.717, 1.165) is 32.7 Å². The molecule has 3 rings (SSSR count). The maximum absolute atomic E-state index is 11.4. The fourth-order valence-electron chi connectivity index (χ4n) is 2.91. The van der Waals surface area contributed by atoms with Crippen LogP contribution < -0.4 is 0 Å². The van der Waals surface area contributed by atoms with Crippen LogP contribution in [-0.2, 0) is 10.2 Å². The number of fused-ring (bicyclic) bond motifs is 1. The predicted molar refractivity (Wildman–Crippen MR) is 113 cm³/mol. The van der Waals surface area contributed by atoms with Crippen LogP contribution >= 0.6 is 11.8 Å². The quantitative estimate of drug-likeness (QED) is 0.560. The summed E-state index contributed by atoms with van der Waals surface area (Å²) in [7, 11) is 0. The first-order valence-electron chi connectivity index (χ1n) is 9.01. The lowest BCUT2D eigenvalue weighted by molar-refractivity contribution is -0.138. The Labute approximate surface area is 164 Å². The third-order valence-corrected chi connectivity index (χ3v) is 6.08. The standard InChI is InChI=1S/C22H26N2O2S/c1-13-16-11-17(14-8-7-9-15(10-14)21(2,3)4)24-18(16)12-23-19(13)27-22(5,6)20(25)26/h7-12,24H,1-6H3,(H,25,26). The fraction of sp³-hybridized carbons (Fsp3) is 0.364. The smallest absolute Gasteiger partial charge is 0.319 e. The number of benzene rings is 1. The van der Waals surface area contributed by atoms with Gasteiger partial charge in [0.25, 0.3) is 0 Å². The van der Waals surface area contributed by atoms with Crippen LogP contribution in [0.25, 0.3) is 22.2 Å². The van der Waals surface area contributed by atoms with Crippen LogP contribution in [0, 0.1) is 6.92 Å². The van der Waals surface area contributed by atoms with E-state index in [-0.39, 0.29) is 5.41 Å². The molecule has 3 aromatic rings. The Kier molecular flexibility index (Phi) is 4.85. The fourth-order valence-corrected chi connectivity index (χ4v) is 3.85. The highest BCUT2D eigenvalue weighted by Gasteiger charge is 2.30. The molecule has 5 heteroatoms. The number of aryl methyl sites for hydroxylation is 1. The molecule has 0 saturated carbocycles. The minimum absolute atomic E-state index is 0.0890. The molecule has 0 aliphatic carbocycles. The third-order valence-electron chi connectivity index (χ3n) is 4.79. The largest absolute Gasteiger partial charge is 0.480 e. The average molecular weight is 383 g/mol. The molecule has 0 radical (unpaired) electrons. The van der Waals surface area contributed by atoms with Crippen molar-refractivity contribution < 1.29 is 9.90 Å². The van der Waals surface area contributed by atoms with E-state index in [4.69, 9.17) is 0 Å². The summed E-state index contributed by atoms with van der Waals surface area (Å²) in [5.41, 5.74) is 5.51. The highest BCUT2D eigenvalue weighted by molar-refractivity contribution is 8.01. The molecule has 0 spiro atoms. The molecule has 27 heavy (non-hydrogen) atoms. The highest BCUT2D eigenvalue weighted by atomic mass is 32.2. The number of H-pyrrole nitrogens is 1. The van der Waals surface area contributed by atoms with Gasteiger partial charge in [-0.2, -0.15) is 0 Å². The lowest BCUT2D eigenvalue weighted by atomic mass is 9.86. The number of carboxylic acid groups (broad SMARTS) is 1. The van der Waals surface area contributed by atoms with E-state index in [1.807, 2.05) is 6.92 Å². The van der Waals surface area contributed by atoms with Gasteiger partial charge in [-0.05, 0) is 55.0 Å². The Morgan fingerprint density at radius 2 is 1.85 bits per heavy atom. The number of nitrogens with one attached hydrogen (secondary N) is 1. The number of hydrogen-bond acceptors (Lipinski definition) is 3. The molecule has 142 valence electrons. The maximum Gasteiger partial charge on any atom is 0.319 e. The average Bonchev–Trinajstić information content (AvgIpc) is 3.02. The van der Waals surface area contributed by atoms with Gasteiger partial charge in [0.1, 0.15) is 9.77 Å². The molecule has 2 aromatic heterocycles. The number of thioether (sulfide) groups is 1. The second-order valence-electron chi connectivity index (χ2n) is 8.45. The zero-order chi connectivity index (χ0) is 20.0. The summed E-state index contributed by atoms with van der Waals surface area (Å²) in [4.78, 5) is 19.4. The van der Waals surface area contributed by atoms with Gasteiger partial charge in [-0.15, -0.1) is 0 Å². The number of carbonyl (C=O) groups is 1. The number of hydrogen-bond donors (Lipinski definition) is 2. The van der Waals surface area contributed by atoms with Crippen LogP contribution in [0.15, 0.2) is 41.6 Å². The summed E-state index contributed by atoms with van der Waals surface area (Å²) in [6, 6.07) is 10.7. The molecule has 0 aliphatic heterocycles. The molecule has 2 N–H and O–H groups in total. The van der Waals surface area contributed by atoms with E-state index >= 15 is 0 Å². The molecule has 2 heterocycles. The molecule has 0 bridgehead atoms. The van der Waals surface area contributed by atoms with E-state index in [1.165, 1.54) is 17.3 Å². The van der Waals surface area contributed by atoms with Crippen molar-refractivity contribution in [2.75, 3.05) is 0 Å². The number of nitrogens with zero attached hydrogens (tertiary/aromatic N) is 1. The number of rotatable bonds is 4. The van der Waals surface area contributed by atoms with Gasteiger partial charge in [-0.25, -0.2) is 4.98 Å². The number of carboxylic acids is 1. The Hall–Kier alpha value is -2.27. The first-order valence-corrected chi connectivity index (χ1v) is 9.82. The van der Waals surface area contributed by atoms with Gasteiger partial charge < -0.3 is 10.1 Å². The Morgan fingerprint density at radius 3 is 2.48 bits per heavy atom. The summed E-state index contributed by atoms with van der Waals surface area (Å²) < 4.78 is -0.925. The Balaban J connectivity index is 2.04. The molecule has 0 fully saturated rings. The van der Waals surface area contributed by atoms with Gasteiger partial charge in [0, 0.05) is 11.1 Å². The zero-order valence-electron chi connectivity index (χ0n) is 16.7. The van der Waals surface area contributed by atoms with Crippen LogP contribution in [0.5, 0.6) is 0 Å². The van der Waals surface area contributed by atoms with E-state index in [9.17, 15) is 9.90 Å². The minimum Gasteiger partial charge on any atom is -0.480 e. The molecule has 0 amide bonds. The Morgan fingerprint density at radius 1 is 1.15 bits per heavy atom. The molecular formula is C22H26N2O2S. The lowest BCUT2D eigenvalue weighted by Gasteiger charge is -2.19. The second-order valence-corrected chi connectivity index (χ2v) is 10.1. The van der Waals surface area contributed by atoms with Crippen LogP contribution in [0.3, 0.4) is 0 Å². The van der Waals surface area contributed by atoms with Gasteiger partial charge in [0.2, 0.25) is 0 Å². The SMILES string of the molecule is Cc1c(SC(C)(C)C(=O)O)ncc2[nH]c(-c3cccc(C(C)(C)C)c3)cc12. The molecule has 0 aliphatic rings. The van der Waals surface area contributed by atoms with Crippen LogP contribution in [0.1, 0.15) is 45.7 Å². The molecule has 4 nitrogen and oxygen atoms in total. The Bertz CT molecular complexity index is 1010. The number of aromatic nitrogens is 2. The van der Waals surface area contributed by atoms with Crippen molar-refractivity contribution in [2.24, 2.45) is 0 Å². The van der Waals surface area contributed by atoms with Crippen molar-refractivity contribution in [3.05, 3.63) is 47.7 Å². The van der Waals surface area contributed by atoms with Gasteiger partial charge in [0.05, 0.1) is 11.7 Å². The number of aromatic amines is 1. The normalized spacial score (nSPS) is 12.5. The van der Waals surface area contributed by atoms with Gasteiger partial charge in [-0.1, -0.05) is 50.7 Å². The van der Waals surface area contributed by atoms with Crippen LogP contribution in [-0.4, -0.2) is 25.8 Å². The van der Waals surface area contributed by atoms with Crippen molar-refractivity contribution in [2.45, 2.75) is 56.7 Å². The monoisotopic (exact) mass is 382 g/mol. The van der Waals surface area contributed by atoms with E-state index in [2.05, 4.69) is 61.1 Å². The summed E-state index contributed by atoms with van der Waals surface area (Å²) in [5.74, 6) is -0.845. The summed E-state index contributed by atoms with van der Waals surface area (Å²) in [6.07, 6.45) is 1.79. The topological polar surface area (TPSA) is 66.0 Å². The minimum atomic E-state index is -0.925. The van der Waals surface area contributed by atoms with E-state index in [1.54, 1.807) is 20.0 Å². The zero-order valence-corrected chi connectivity index (χ0v) is 17.5. The second kappa shape index (κ2) is 6.71. The van der Waals surface area contributed by atoms with Gasteiger partial charge in [-0.3, -0.25) is 4.79 Å². The van der Waals surface area contributed by atoms with Gasteiger partial charge >= 0.3 is 5.97 Å². The summed E-state index contributed by atoms with van der Waals surface area (Å²) in [5, 5.41) is 11.2. The summed E-state index contributed by atoms with van der Waals surface area (Å²) in [6.45, 7) is 12.0. The maximum atomic E-state index is 11.4. The lowest BCUT2D eigenvalue weighted by Crippen LogP contribution is -2.27. The molecule has 0 unspecified atom stereocenters. The summed E-state index contributed by atoms with van der Waals surface area (Å²) >= 11 is 1.28.